The van der Waals surface area contributed by atoms with Crippen molar-refractivity contribution in [2.45, 2.75) is 20.3 Å². The van der Waals surface area contributed by atoms with Gasteiger partial charge in [-0.25, -0.2) is 13.8 Å². The van der Waals surface area contributed by atoms with Gasteiger partial charge in [-0.3, -0.25) is 9.48 Å². The van der Waals surface area contributed by atoms with E-state index in [9.17, 15) is 13.6 Å². The Morgan fingerprint density at radius 1 is 1.10 bits per heavy atom. The molecule has 3 N–H and O–H groups in total. The second kappa shape index (κ2) is 12.2. The Hall–Kier alpha value is -4.80. The molecular weight excluding hydrogens is 504 g/mol. The minimum Gasteiger partial charge on any atom is -0.497 e. The van der Waals surface area contributed by atoms with Crippen molar-refractivity contribution in [2.24, 2.45) is 13.0 Å². The molecule has 1 amide bonds. The van der Waals surface area contributed by atoms with Crippen molar-refractivity contribution < 1.29 is 18.3 Å². The third-order valence-corrected chi connectivity index (χ3v) is 5.53. The predicted molar refractivity (Wildman–Crippen MR) is 147 cm³/mol. The van der Waals surface area contributed by atoms with Crippen LogP contribution in [0.4, 0.5) is 37.6 Å². The van der Waals surface area contributed by atoms with Gasteiger partial charge in [-0.15, -0.1) is 0 Å². The standard InChI is InChI=1S/C28H29F2N7O2/c1-17(2)6-5-7-26(38)33-20-8-9-24(30)25(13-20)35-27-23(18-10-19(29)12-22(11-18)39-4)15-31-28(36-27)34-21-14-32-37(3)16-21/h5,7-17H,6H2,1-4H3,(H,33,38)(H2,31,34,35,36)/b7-5+. The van der Waals surface area contributed by atoms with Crippen molar-refractivity contribution >= 4 is 34.7 Å². The summed E-state index contributed by atoms with van der Waals surface area (Å²) in [4.78, 5) is 21.2. The van der Waals surface area contributed by atoms with E-state index in [2.05, 4.69) is 44.9 Å². The van der Waals surface area contributed by atoms with E-state index in [0.29, 0.717) is 34.2 Å². The molecule has 9 nitrogen and oxygen atoms in total. The molecule has 0 atom stereocenters. The smallest absolute Gasteiger partial charge is 0.248 e. The maximum absolute atomic E-state index is 14.9. The summed E-state index contributed by atoms with van der Waals surface area (Å²) < 4.78 is 36.1. The molecule has 4 rings (SSSR count). The van der Waals surface area contributed by atoms with E-state index in [1.54, 1.807) is 36.3 Å². The highest BCUT2D eigenvalue weighted by molar-refractivity contribution is 5.99. The zero-order valence-electron chi connectivity index (χ0n) is 22.0. The summed E-state index contributed by atoms with van der Waals surface area (Å²) in [5.41, 5.74) is 1.90. The lowest BCUT2D eigenvalue weighted by molar-refractivity contribution is -0.111. The molecule has 4 aromatic rings. The first-order valence-electron chi connectivity index (χ1n) is 12.2. The van der Waals surface area contributed by atoms with Crippen LogP contribution in [0.3, 0.4) is 0 Å². The predicted octanol–water partition coefficient (Wildman–Crippen LogP) is 6.19. The van der Waals surface area contributed by atoms with Crippen molar-refractivity contribution in [3.05, 3.63) is 78.8 Å². The Kier molecular flexibility index (Phi) is 8.50. The number of nitrogens with one attached hydrogen (secondary N) is 3. The molecule has 202 valence electrons. The second-order valence-corrected chi connectivity index (χ2v) is 9.20. The number of anilines is 5. The zero-order chi connectivity index (χ0) is 27.9. The first-order valence-corrected chi connectivity index (χ1v) is 12.2. The molecule has 0 aliphatic carbocycles. The lowest BCUT2D eigenvalue weighted by Crippen LogP contribution is -2.09. The van der Waals surface area contributed by atoms with Gasteiger partial charge in [0.2, 0.25) is 11.9 Å². The number of nitrogens with zero attached hydrogens (tertiary/aromatic N) is 4. The lowest BCUT2D eigenvalue weighted by Gasteiger charge is -2.15. The Morgan fingerprint density at radius 2 is 1.92 bits per heavy atom. The average molecular weight is 534 g/mol. The molecule has 0 spiro atoms. The number of hydrogen-bond acceptors (Lipinski definition) is 7. The number of aromatic nitrogens is 4. The SMILES string of the molecule is COc1cc(F)cc(-c2cnc(Nc3cnn(C)c3)nc2Nc2cc(NC(=O)/C=C/CC(C)C)ccc2F)c1. The van der Waals surface area contributed by atoms with Gasteiger partial charge in [0.25, 0.3) is 0 Å². The summed E-state index contributed by atoms with van der Waals surface area (Å²) in [5, 5.41) is 12.9. The highest BCUT2D eigenvalue weighted by Crippen LogP contribution is 2.33. The third kappa shape index (κ3) is 7.37. The van der Waals surface area contributed by atoms with E-state index in [4.69, 9.17) is 4.74 Å². The highest BCUT2D eigenvalue weighted by Gasteiger charge is 2.15. The van der Waals surface area contributed by atoms with Crippen molar-refractivity contribution in [1.29, 1.82) is 0 Å². The van der Waals surface area contributed by atoms with E-state index in [-0.39, 0.29) is 23.4 Å². The normalized spacial score (nSPS) is 11.2. The van der Waals surface area contributed by atoms with Gasteiger partial charge in [0.05, 0.1) is 24.7 Å². The lowest BCUT2D eigenvalue weighted by atomic mass is 10.1. The quantitative estimate of drug-likeness (QED) is 0.209. The summed E-state index contributed by atoms with van der Waals surface area (Å²) in [5.74, 6) is -0.296. The fourth-order valence-electron chi connectivity index (χ4n) is 3.66. The fourth-order valence-corrected chi connectivity index (χ4v) is 3.66. The van der Waals surface area contributed by atoms with Crippen LogP contribution in [-0.2, 0) is 11.8 Å². The molecule has 0 bridgehead atoms. The Bertz CT molecular complexity index is 1500. The molecule has 0 saturated heterocycles. The van der Waals surface area contributed by atoms with Crippen LogP contribution in [0.15, 0.2) is 67.1 Å². The second-order valence-electron chi connectivity index (χ2n) is 9.20. The molecule has 2 aromatic carbocycles. The van der Waals surface area contributed by atoms with Crippen LogP contribution in [0.1, 0.15) is 20.3 Å². The monoisotopic (exact) mass is 533 g/mol. The summed E-state index contributed by atoms with van der Waals surface area (Å²) in [6.07, 6.45) is 8.84. The van der Waals surface area contributed by atoms with Gasteiger partial charge >= 0.3 is 0 Å². The molecule has 2 aromatic heterocycles. The Balaban J connectivity index is 1.68. The molecular formula is C28H29F2N7O2. The molecule has 39 heavy (non-hydrogen) atoms. The summed E-state index contributed by atoms with van der Waals surface area (Å²) in [6.45, 7) is 4.11. The maximum atomic E-state index is 14.9. The number of benzene rings is 2. The maximum Gasteiger partial charge on any atom is 0.248 e. The van der Waals surface area contributed by atoms with Crippen LogP contribution in [0.25, 0.3) is 11.1 Å². The van der Waals surface area contributed by atoms with E-state index >= 15 is 0 Å². The van der Waals surface area contributed by atoms with Gasteiger partial charge in [-0.2, -0.15) is 10.1 Å². The summed E-state index contributed by atoms with van der Waals surface area (Å²) in [6, 6.07) is 8.32. The zero-order valence-corrected chi connectivity index (χ0v) is 22.0. The molecule has 2 heterocycles. The van der Waals surface area contributed by atoms with E-state index < -0.39 is 11.6 Å². The van der Waals surface area contributed by atoms with Crippen LogP contribution < -0.4 is 20.7 Å². The van der Waals surface area contributed by atoms with Crippen LogP contribution in [0, 0.1) is 17.6 Å². The minimum absolute atomic E-state index is 0.0506. The summed E-state index contributed by atoms with van der Waals surface area (Å²) >= 11 is 0. The molecule has 0 aliphatic heterocycles. The van der Waals surface area contributed by atoms with Crippen LogP contribution >= 0.6 is 0 Å². The minimum atomic E-state index is -0.577. The number of hydrogen-bond donors (Lipinski definition) is 3. The van der Waals surface area contributed by atoms with Crippen molar-refractivity contribution in [3.8, 4) is 16.9 Å². The first-order chi connectivity index (χ1) is 18.7. The summed E-state index contributed by atoms with van der Waals surface area (Å²) in [7, 11) is 3.20. The molecule has 0 aliphatic rings. The number of halogens is 2. The van der Waals surface area contributed by atoms with Gasteiger partial charge in [-0.1, -0.05) is 19.9 Å². The first kappa shape index (κ1) is 27.2. The van der Waals surface area contributed by atoms with Gasteiger partial charge < -0.3 is 20.7 Å². The van der Waals surface area contributed by atoms with Crippen LogP contribution in [0.2, 0.25) is 0 Å². The van der Waals surface area contributed by atoms with Gasteiger partial charge in [0.15, 0.2) is 0 Å². The van der Waals surface area contributed by atoms with Gasteiger partial charge in [-0.05, 0) is 54.3 Å². The number of carbonyl (C=O) groups is 1. The number of amides is 1. The Morgan fingerprint density at radius 3 is 2.64 bits per heavy atom. The average Bonchev–Trinajstić information content (AvgIpc) is 3.29. The largest absolute Gasteiger partial charge is 0.497 e. The topological polar surface area (TPSA) is 106 Å². The third-order valence-electron chi connectivity index (χ3n) is 5.53. The van der Waals surface area contributed by atoms with Gasteiger partial charge in [0.1, 0.15) is 23.2 Å². The number of ether oxygens (including phenoxy) is 1. The van der Waals surface area contributed by atoms with Crippen molar-refractivity contribution in [3.63, 3.8) is 0 Å². The number of carbonyl (C=O) groups excluding carboxylic acids is 1. The van der Waals surface area contributed by atoms with E-state index in [0.717, 1.165) is 6.42 Å². The number of allylic oxidation sites excluding steroid dienone is 1. The number of aryl methyl sites for hydroxylation is 1. The number of rotatable bonds is 10. The fraction of sp³-hybridized carbons (Fsp3) is 0.214. The van der Waals surface area contributed by atoms with E-state index in [1.165, 1.54) is 49.7 Å². The molecule has 0 radical (unpaired) electrons. The van der Waals surface area contributed by atoms with Crippen LogP contribution in [-0.4, -0.2) is 32.8 Å². The Labute approximate surface area is 224 Å². The molecule has 0 fully saturated rings. The van der Waals surface area contributed by atoms with E-state index in [1.807, 2.05) is 0 Å². The molecule has 11 heteroatoms. The van der Waals surface area contributed by atoms with Crippen LogP contribution in [0.5, 0.6) is 5.75 Å². The van der Waals surface area contributed by atoms with Crippen molar-refractivity contribution in [2.75, 3.05) is 23.1 Å². The number of methoxy groups -OCH3 is 1. The highest BCUT2D eigenvalue weighted by atomic mass is 19.1. The molecule has 0 saturated carbocycles. The van der Waals surface area contributed by atoms with Gasteiger partial charge in [0, 0.05) is 36.8 Å². The van der Waals surface area contributed by atoms with Crippen molar-refractivity contribution in [1.82, 2.24) is 19.7 Å². The molecule has 0 unspecified atom stereocenters.